The van der Waals surface area contributed by atoms with E-state index < -0.39 is 0 Å². The van der Waals surface area contributed by atoms with E-state index >= 15 is 0 Å². The van der Waals surface area contributed by atoms with Gasteiger partial charge in [-0.15, -0.1) is 24.0 Å². The van der Waals surface area contributed by atoms with Gasteiger partial charge in [-0.1, -0.05) is 12.1 Å². The van der Waals surface area contributed by atoms with Crippen LogP contribution in [-0.2, 0) is 12.3 Å². The number of rotatable bonds is 11. The summed E-state index contributed by atoms with van der Waals surface area (Å²) in [7, 11) is 0. The molecule has 0 saturated carbocycles. The number of nitrogens with zero attached hydrogens (tertiary/aromatic N) is 2. The van der Waals surface area contributed by atoms with Crippen molar-refractivity contribution in [2.75, 3.05) is 31.2 Å². The van der Waals surface area contributed by atoms with E-state index in [9.17, 15) is 4.39 Å². The summed E-state index contributed by atoms with van der Waals surface area (Å²) in [6, 6.07) is 10.8. The van der Waals surface area contributed by atoms with Gasteiger partial charge in [-0.3, -0.25) is 0 Å². The van der Waals surface area contributed by atoms with E-state index in [4.69, 9.17) is 0 Å². The van der Waals surface area contributed by atoms with E-state index in [1.165, 1.54) is 6.07 Å². The van der Waals surface area contributed by atoms with Crippen LogP contribution in [-0.4, -0.2) is 36.8 Å². The van der Waals surface area contributed by atoms with Crippen LogP contribution in [0.2, 0.25) is 0 Å². The summed E-state index contributed by atoms with van der Waals surface area (Å²) in [4.78, 5) is 8.91. The maximum atomic E-state index is 13.5. The average Bonchev–Trinajstić information content (AvgIpc) is 2.70. The molecule has 0 aliphatic carbocycles. The van der Waals surface area contributed by atoms with Crippen LogP contribution in [0.15, 0.2) is 47.6 Å². The summed E-state index contributed by atoms with van der Waals surface area (Å²) in [5, 5.41) is 9.95. The second-order valence-corrected chi connectivity index (χ2v) is 7.18. The molecule has 0 aliphatic rings. The molecule has 2 rings (SSSR count). The fourth-order valence-electron chi connectivity index (χ4n) is 2.69. The normalized spacial score (nSPS) is 10.9. The zero-order valence-electron chi connectivity index (χ0n) is 17.1. The highest BCUT2D eigenvalue weighted by Gasteiger charge is 2.05. The predicted molar refractivity (Wildman–Crippen MR) is 134 cm³/mol. The van der Waals surface area contributed by atoms with Gasteiger partial charge in [-0.25, -0.2) is 14.4 Å². The van der Waals surface area contributed by atoms with Crippen LogP contribution in [0.4, 0.5) is 10.2 Å². The Morgan fingerprint density at radius 2 is 1.93 bits per heavy atom. The monoisotopic (exact) mass is 531 g/mol. The lowest BCUT2D eigenvalue weighted by Gasteiger charge is -2.12. The number of pyridine rings is 1. The molecule has 0 spiro atoms. The molecule has 1 heterocycles. The molecule has 0 fully saturated rings. The van der Waals surface area contributed by atoms with E-state index in [1.807, 2.05) is 37.4 Å². The summed E-state index contributed by atoms with van der Waals surface area (Å²) in [6.45, 7) is 5.11. The average molecular weight is 531 g/mol. The zero-order chi connectivity index (χ0) is 20.0. The largest absolute Gasteiger partial charge is 0.370 e. The van der Waals surface area contributed by atoms with Gasteiger partial charge in [0.05, 0.1) is 6.54 Å². The molecule has 0 unspecified atom stereocenters. The molecule has 160 valence electrons. The van der Waals surface area contributed by atoms with E-state index in [2.05, 4.69) is 25.9 Å². The van der Waals surface area contributed by atoms with Gasteiger partial charge < -0.3 is 16.0 Å². The SMILES string of the molecule is CCNC(=NCc1ccc(F)cc1CSC)NCCCCNc1ccccn1.I. The Balaban J connectivity index is 0.00000420. The maximum Gasteiger partial charge on any atom is 0.191 e. The Bertz CT molecular complexity index is 730. The zero-order valence-corrected chi connectivity index (χ0v) is 20.2. The van der Waals surface area contributed by atoms with Gasteiger partial charge in [-0.2, -0.15) is 11.8 Å². The molecule has 3 N–H and O–H groups in total. The third-order valence-electron chi connectivity index (χ3n) is 4.09. The van der Waals surface area contributed by atoms with Crippen molar-refractivity contribution >= 4 is 47.5 Å². The van der Waals surface area contributed by atoms with Crippen molar-refractivity contribution in [1.82, 2.24) is 15.6 Å². The number of aliphatic imine (C=N–C) groups is 1. The fourth-order valence-corrected chi connectivity index (χ4v) is 3.26. The first-order valence-electron chi connectivity index (χ1n) is 9.66. The quantitative estimate of drug-likeness (QED) is 0.171. The summed E-state index contributed by atoms with van der Waals surface area (Å²) >= 11 is 1.69. The Labute approximate surface area is 194 Å². The van der Waals surface area contributed by atoms with Crippen molar-refractivity contribution < 1.29 is 4.39 Å². The van der Waals surface area contributed by atoms with E-state index in [-0.39, 0.29) is 29.8 Å². The van der Waals surface area contributed by atoms with Gasteiger partial charge in [0, 0.05) is 31.6 Å². The van der Waals surface area contributed by atoms with Gasteiger partial charge in [-0.05, 0) is 61.4 Å². The van der Waals surface area contributed by atoms with E-state index in [0.717, 1.165) is 61.1 Å². The number of hydrogen-bond acceptors (Lipinski definition) is 4. The molecule has 0 bridgehead atoms. The molecule has 0 saturated heterocycles. The molecular formula is C21H31FIN5S. The Hall–Kier alpha value is -1.55. The summed E-state index contributed by atoms with van der Waals surface area (Å²) < 4.78 is 13.5. The molecule has 1 aromatic carbocycles. The molecule has 0 atom stereocenters. The number of benzene rings is 1. The fraction of sp³-hybridized carbons (Fsp3) is 0.429. The smallest absolute Gasteiger partial charge is 0.191 e. The highest BCUT2D eigenvalue weighted by molar-refractivity contribution is 14.0. The number of anilines is 1. The molecular weight excluding hydrogens is 500 g/mol. The molecule has 0 radical (unpaired) electrons. The molecule has 0 aliphatic heterocycles. The molecule has 2 aromatic rings. The van der Waals surface area contributed by atoms with Gasteiger partial charge in [0.2, 0.25) is 0 Å². The van der Waals surface area contributed by atoms with Crippen LogP contribution in [0.25, 0.3) is 0 Å². The third-order valence-corrected chi connectivity index (χ3v) is 4.69. The van der Waals surface area contributed by atoms with Crippen LogP contribution in [0, 0.1) is 5.82 Å². The molecule has 8 heteroatoms. The highest BCUT2D eigenvalue weighted by Crippen LogP contribution is 2.17. The minimum atomic E-state index is -0.193. The van der Waals surface area contributed by atoms with Crippen LogP contribution >= 0.6 is 35.7 Å². The number of unbranched alkanes of at least 4 members (excludes halogenated alkanes) is 1. The van der Waals surface area contributed by atoms with Crippen LogP contribution in [0.3, 0.4) is 0 Å². The Morgan fingerprint density at radius 1 is 1.10 bits per heavy atom. The summed E-state index contributed by atoms with van der Waals surface area (Å²) in [6.07, 6.45) is 5.87. The number of guanidine groups is 1. The maximum absolute atomic E-state index is 13.5. The minimum Gasteiger partial charge on any atom is -0.370 e. The Kier molecular flexibility index (Phi) is 13.5. The lowest BCUT2D eigenvalue weighted by atomic mass is 10.1. The molecule has 1 aromatic heterocycles. The van der Waals surface area contributed by atoms with Gasteiger partial charge in [0.25, 0.3) is 0 Å². The number of nitrogens with one attached hydrogen (secondary N) is 3. The topological polar surface area (TPSA) is 61.3 Å². The van der Waals surface area contributed by atoms with Crippen molar-refractivity contribution in [2.45, 2.75) is 32.1 Å². The number of halogens is 2. The van der Waals surface area contributed by atoms with Crippen molar-refractivity contribution in [3.8, 4) is 0 Å². The second-order valence-electron chi connectivity index (χ2n) is 6.32. The highest BCUT2D eigenvalue weighted by atomic mass is 127. The van der Waals surface area contributed by atoms with Crippen LogP contribution < -0.4 is 16.0 Å². The molecule has 5 nitrogen and oxygen atoms in total. The van der Waals surface area contributed by atoms with Crippen molar-refractivity contribution in [3.05, 3.63) is 59.5 Å². The first kappa shape index (κ1) is 25.5. The summed E-state index contributed by atoms with van der Waals surface area (Å²) in [5.74, 6) is 2.29. The lowest BCUT2D eigenvalue weighted by molar-refractivity contribution is 0.625. The van der Waals surface area contributed by atoms with Crippen LogP contribution in [0.5, 0.6) is 0 Å². The number of hydrogen-bond donors (Lipinski definition) is 3. The Morgan fingerprint density at radius 3 is 2.66 bits per heavy atom. The first-order chi connectivity index (χ1) is 13.7. The summed E-state index contributed by atoms with van der Waals surface area (Å²) in [5.41, 5.74) is 2.07. The minimum absolute atomic E-state index is 0. The predicted octanol–water partition coefficient (Wildman–Crippen LogP) is 4.65. The number of aromatic nitrogens is 1. The van der Waals surface area contributed by atoms with Crippen LogP contribution in [0.1, 0.15) is 30.9 Å². The van der Waals surface area contributed by atoms with E-state index in [1.54, 1.807) is 24.0 Å². The first-order valence-corrected chi connectivity index (χ1v) is 11.1. The van der Waals surface area contributed by atoms with Gasteiger partial charge >= 0.3 is 0 Å². The van der Waals surface area contributed by atoms with E-state index in [0.29, 0.717) is 6.54 Å². The van der Waals surface area contributed by atoms with Crippen molar-refractivity contribution in [1.29, 1.82) is 0 Å². The second kappa shape index (κ2) is 15.3. The standard InChI is InChI=1S/C21H30FN5S.HI/c1-3-23-21(26-13-7-6-12-25-20-8-4-5-11-24-20)27-15-17-9-10-19(22)14-18(17)16-28-2;/h4-5,8-11,14H,3,6-7,12-13,15-16H2,1-2H3,(H,24,25)(H2,23,26,27);1H. The lowest BCUT2D eigenvalue weighted by Crippen LogP contribution is -2.37. The van der Waals surface area contributed by atoms with Gasteiger partial charge in [0.1, 0.15) is 11.6 Å². The molecule has 29 heavy (non-hydrogen) atoms. The number of thioether (sulfide) groups is 1. The van der Waals surface area contributed by atoms with Crippen molar-refractivity contribution in [3.63, 3.8) is 0 Å². The molecule has 0 amide bonds. The van der Waals surface area contributed by atoms with Crippen molar-refractivity contribution in [2.24, 2.45) is 4.99 Å². The third kappa shape index (κ3) is 10.2. The van der Waals surface area contributed by atoms with Gasteiger partial charge in [0.15, 0.2) is 5.96 Å².